The summed E-state index contributed by atoms with van der Waals surface area (Å²) in [7, 11) is 0. The Balaban J connectivity index is 0.941. The molecule has 0 saturated heterocycles. The molecule has 1 aliphatic carbocycles. The van der Waals surface area contributed by atoms with Crippen molar-refractivity contribution < 1.29 is 4.42 Å². The third kappa shape index (κ3) is 5.66. The maximum atomic E-state index is 6.43. The fourth-order valence-electron chi connectivity index (χ4n) is 10.0. The molecule has 0 aliphatic heterocycles. The number of aromatic nitrogens is 1. The number of benzene rings is 9. The molecule has 2 aromatic heterocycles. The lowest BCUT2D eigenvalue weighted by molar-refractivity contribution is 0.666. The first-order valence-electron chi connectivity index (χ1n) is 21.4. The van der Waals surface area contributed by atoms with Crippen molar-refractivity contribution in [3.05, 3.63) is 230 Å². The topological polar surface area (TPSA) is 21.3 Å². The van der Waals surface area contributed by atoms with Crippen molar-refractivity contribution in [3.63, 3.8) is 0 Å². The van der Waals surface area contributed by atoms with Gasteiger partial charge in [0.1, 0.15) is 11.2 Å². The second-order valence-electron chi connectivity index (χ2n) is 16.9. The van der Waals surface area contributed by atoms with Gasteiger partial charge in [-0.25, -0.2) is 0 Å². The highest BCUT2D eigenvalue weighted by molar-refractivity contribution is 6.09. The van der Waals surface area contributed by atoms with Crippen LogP contribution in [0.3, 0.4) is 0 Å². The van der Waals surface area contributed by atoms with Gasteiger partial charge in [-0.3, -0.25) is 0 Å². The molecular weight excluding hydrogens is 753 g/mol. The van der Waals surface area contributed by atoms with Crippen molar-refractivity contribution in [2.24, 2.45) is 0 Å². The van der Waals surface area contributed by atoms with Gasteiger partial charge in [-0.2, -0.15) is 0 Å². The summed E-state index contributed by atoms with van der Waals surface area (Å²) in [6.07, 6.45) is 0. The van der Waals surface area contributed by atoms with E-state index in [0.717, 1.165) is 50.1 Å². The van der Waals surface area contributed by atoms with E-state index in [1.165, 1.54) is 61.2 Å². The number of nitrogens with zero attached hydrogens (tertiary/aromatic N) is 2. The summed E-state index contributed by atoms with van der Waals surface area (Å²) >= 11 is 0. The van der Waals surface area contributed by atoms with Crippen LogP contribution in [0, 0.1) is 0 Å². The number of hydrogen-bond acceptors (Lipinski definition) is 2. The average molecular weight is 795 g/mol. The van der Waals surface area contributed by atoms with Gasteiger partial charge in [-0.05, 0) is 106 Å². The molecule has 3 heteroatoms. The molecule has 0 bridgehead atoms. The summed E-state index contributed by atoms with van der Waals surface area (Å²) in [6.45, 7) is 4.75. The van der Waals surface area contributed by atoms with Crippen LogP contribution in [0.2, 0.25) is 0 Å². The Kier molecular flexibility index (Phi) is 8.20. The zero-order valence-corrected chi connectivity index (χ0v) is 34.6. The van der Waals surface area contributed by atoms with Crippen LogP contribution in [-0.4, -0.2) is 4.57 Å². The van der Waals surface area contributed by atoms with Gasteiger partial charge in [0, 0.05) is 55.5 Å². The number of fused-ring (bicyclic) bond motifs is 8. The van der Waals surface area contributed by atoms with Gasteiger partial charge in [0.25, 0.3) is 0 Å². The van der Waals surface area contributed by atoms with E-state index < -0.39 is 0 Å². The number of anilines is 3. The van der Waals surface area contributed by atoms with Crippen LogP contribution in [0.5, 0.6) is 0 Å². The van der Waals surface area contributed by atoms with Crippen molar-refractivity contribution >= 4 is 49.9 Å². The molecule has 0 N–H and O–H groups in total. The SMILES string of the molecule is CC1(C)c2ccc(-c3ccc(N(c4ccc(-c5ccccc5)cc4)c4ccc(-c5cccc6c5oc5ccccc56)cc4)cc3)cc2-c2c1c1ccccc1n2-c1ccccc1. The summed E-state index contributed by atoms with van der Waals surface area (Å²) in [5.41, 5.74) is 19.7. The van der Waals surface area contributed by atoms with Crippen molar-refractivity contribution in [2.75, 3.05) is 4.90 Å². The van der Waals surface area contributed by atoms with Crippen LogP contribution in [0.4, 0.5) is 17.1 Å². The minimum Gasteiger partial charge on any atom is -0.455 e. The van der Waals surface area contributed by atoms with Gasteiger partial charge in [0.15, 0.2) is 0 Å². The molecule has 12 rings (SSSR count). The Morgan fingerprint density at radius 1 is 0.419 bits per heavy atom. The zero-order chi connectivity index (χ0) is 41.4. The maximum absolute atomic E-state index is 6.43. The van der Waals surface area contributed by atoms with Gasteiger partial charge in [0.2, 0.25) is 0 Å². The number of hydrogen-bond donors (Lipinski definition) is 0. The van der Waals surface area contributed by atoms with E-state index in [4.69, 9.17) is 4.42 Å². The van der Waals surface area contributed by atoms with E-state index in [1.807, 2.05) is 12.1 Å². The van der Waals surface area contributed by atoms with Gasteiger partial charge < -0.3 is 13.9 Å². The summed E-state index contributed by atoms with van der Waals surface area (Å²) in [6, 6.07) is 78.8. The van der Waals surface area contributed by atoms with Gasteiger partial charge in [-0.15, -0.1) is 0 Å². The molecule has 0 atom stereocenters. The van der Waals surface area contributed by atoms with Crippen LogP contribution >= 0.6 is 0 Å². The lowest BCUT2D eigenvalue weighted by atomic mass is 9.81. The van der Waals surface area contributed by atoms with Gasteiger partial charge in [-0.1, -0.05) is 166 Å². The highest BCUT2D eigenvalue weighted by atomic mass is 16.3. The fraction of sp³-hybridized carbons (Fsp3) is 0.0508. The Labute approximate surface area is 361 Å². The van der Waals surface area contributed by atoms with Gasteiger partial charge >= 0.3 is 0 Å². The number of rotatable bonds is 7. The average Bonchev–Trinajstić information content (AvgIpc) is 3.97. The van der Waals surface area contributed by atoms with Crippen LogP contribution in [0.25, 0.3) is 83.2 Å². The highest BCUT2D eigenvalue weighted by Gasteiger charge is 2.40. The van der Waals surface area contributed by atoms with E-state index >= 15 is 0 Å². The van der Waals surface area contributed by atoms with E-state index in [2.05, 4.69) is 230 Å². The second kappa shape index (κ2) is 14.1. The third-order valence-corrected chi connectivity index (χ3v) is 13.0. The Morgan fingerprint density at radius 2 is 0.952 bits per heavy atom. The smallest absolute Gasteiger partial charge is 0.143 e. The molecule has 0 spiro atoms. The zero-order valence-electron chi connectivity index (χ0n) is 34.6. The molecule has 2 heterocycles. The van der Waals surface area contributed by atoms with E-state index in [9.17, 15) is 0 Å². The van der Waals surface area contributed by atoms with Gasteiger partial charge in [0.05, 0.1) is 11.2 Å². The molecule has 0 unspecified atom stereocenters. The first kappa shape index (κ1) is 36.0. The minimum absolute atomic E-state index is 0.141. The van der Waals surface area contributed by atoms with Crippen molar-refractivity contribution in [2.45, 2.75) is 19.3 Å². The second-order valence-corrected chi connectivity index (χ2v) is 16.9. The summed E-state index contributed by atoms with van der Waals surface area (Å²) in [4.78, 5) is 2.35. The predicted molar refractivity (Wildman–Crippen MR) is 259 cm³/mol. The Hall–Kier alpha value is -7.88. The number of furan rings is 1. The van der Waals surface area contributed by atoms with Crippen LogP contribution < -0.4 is 4.90 Å². The fourth-order valence-corrected chi connectivity index (χ4v) is 10.0. The van der Waals surface area contributed by atoms with Crippen molar-refractivity contribution in [3.8, 4) is 50.3 Å². The van der Waals surface area contributed by atoms with Crippen LogP contribution in [-0.2, 0) is 5.41 Å². The molecule has 0 amide bonds. The van der Waals surface area contributed by atoms with E-state index in [-0.39, 0.29) is 5.41 Å². The summed E-state index contributed by atoms with van der Waals surface area (Å²) in [5.74, 6) is 0. The van der Waals surface area contributed by atoms with E-state index in [1.54, 1.807) is 0 Å². The first-order valence-corrected chi connectivity index (χ1v) is 21.4. The molecule has 9 aromatic carbocycles. The van der Waals surface area contributed by atoms with Crippen molar-refractivity contribution in [1.82, 2.24) is 4.57 Å². The molecule has 0 radical (unpaired) electrons. The van der Waals surface area contributed by atoms with Crippen LogP contribution in [0.15, 0.2) is 223 Å². The molecule has 294 valence electrons. The van der Waals surface area contributed by atoms with Crippen molar-refractivity contribution in [1.29, 1.82) is 0 Å². The quantitative estimate of drug-likeness (QED) is 0.160. The molecule has 11 aromatic rings. The van der Waals surface area contributed by atoms with E-state index in [0.29, 0.717) is 0 Å². The lowest BCUT2D eigenvalue weighted by Gasteiger charge is -2.26. The normalized spacial score (nSPS) is 12.8. The monoisotopic (exact) mass is 794 g/mol. The number of para-hydroxylation sites is 4. The molecule has 62 heavy (non-hydrogen) atoms. The molecular formula is C59H42N2O. The Morgan fingerprint density at radius 3 is 1.65 bits per heavy atom. The van der Waals surface area contributed by atoms with Crippen LogP contribution in [0.1, 0.15) is 25.0 Å². The standard InChI is InChI=1S/C59H42N2O/c1-59(2)53-37-30-43(38-52(53)57-56(59)51-19-9-11-22-54(51)61(57)44-16-7-4-8-17-44)41-26-33-46(34-27-41)60(45-31-24-40(25-32-45)39-14-5-3-6-15-39)47-35-28-42(29-36-47)48-20-13-21-50-49-18-10-12-23-55(49)62-58(48)50/h3-38H,1-2H3. The third-order valence-electron chi connectivity index (χ3n) is 13.0. The lowest BCUT2D eigenvalue weighted by Crippen LogP contribution is -2.14. The molecule has 3 nitrogen and oxygen atoms in total. The highest BCUT2D eigenvalue weighted by Crippen LogP contribution is 2.54. The largest absolute Gasteiger partial charge is 0.455 e. The maximum Gasteiger partial charge on any atom is 0.143 e. The molecule has 0 saturated carbocycles. The first-order chi connectivity index (χ1) is 30.5. The molecule has 0 fully saturated rings. The summed E-state index contributed by atoms with van der Waals surface area (Å²) in [5, 5.41) is 3.59. The Bertz CT molecular complexity index is 3450. The molecule has 1 aliphatic rings. The predicted octanol–water partition coefficient (Wildman–Crippen LogP) is 16.3. The summed E-state index contributed by atoms with van der Waals surface area (Å²) < 4.78 is 8.90. The minimum atomic E-state index is -0.141.